The van der Waals surface area contributed by atoms with Crippen molar-refractivity contribution in [3.8, 4) is 0 Å². The largest absolute Gasteiger partial charge is 0.490 e. The van der Waals surface area contributed by atoms with Crippen molar-refractivity contribution in [1.82, 2.24) is 5.32 Å². The number of β-amino-alcohol motifs (C(OH)–C–C–N with tert-alkyl or cyclic N) is 1. The lowest BCUT2D eigenvalue weighted by atomic mass is 9.88. The highest BCUT2D eigenvalue weighted by Gasteiger charge is 2.38. The van der Waals surface area contributed by atoms with E-state index in [2.05, 4.69) is 29.6 Å². The molecule has 0 spiro atoms. The monoisotopic (exact) mass is 531 g/mol. The Labute approximate surface area is 211 Å². The quantitative estimate of drug-likeness (QED) is 0.346. The number of aryl methyl sites for hydroxylation is 1. The number of aliphatic carboxylic acids is 2. The van der Waals surface area contributed by atoms with Crippen LogP contribution in [0.5, 0.6) is 0 Å². The van der Waals surface area contributed by atoms with Crippen LogP contribution in [0.25, 0.3) is 0 Å². The smallest absolute Gasteiger partial charge is 0.481 e. The molecular formula is C26H30F5NO5. The molecule has 0 amide bonds. The number of fused-ring (bicyclic) bond motifs is 1. The second-order valence-electron chi connectivity index (χ2n) is 9.71. The van der Waals surface area contributed by atoms with Crippen LogP contribution in [0.2, 0.25) is 0 Å². The number of nitrogens with one attached hydrogen (secondary N) is 1. The molecule has 204 valence electrons. The third-order valence-electron chi connectivity index (χ3n) is 6.05. The SMILES string of the molecule is CC(C)(CC1Cc2ccccc2C1)NC[C@@H](O)c1cc(CCC(=O)O)cc(F)c1F.O=C(O)C(F)(F)F. The van der Waals surface area contributed by atoms with Crippen LogP contribution in [0, 0.1) is 17.6 Å². The van der Waals surface area contributed by atoms with Gasteiger partial charge in [-0.1, -0.05) is 24.3 Å². The van der Waals surface area contributed by atoms with E-state index in [1.165, 1.54) is 17.2 Å². The Kier molecular flexibility index (Phi) is 10.2. The fourth-order valence-electron chi connectivity index (χ4n) is 4.38. The molecule has 2 aromatic rings. The number of hydrogen-bond acceptors (Lipinski definition) is 4. The summed E-state index contributed by atoms with van der Waals surface area (Å²) in [5, 5.41) is 29.7. The molecule has 1 atom stereocenters. The number of aliphatic hydroxyl groups is 1. The summed E-state index contributed by atoms with van der Waals surface area (Å²) in [5.74, 6) is -5.44. The minimum Gasteiger partial charge on any atom is -0.481 e. The molecule has 0 aromatic heterocycles. The summed E-state index contributed by atoms with van der Waals surface area (Å²) in [5.41, 5.74) is 2.69. The van der Waals surface area contributed by atoms with Crippen LogP contribution in [0.3, 0.4) is 0 Å². The molecule has 4 N–H and O–H groups in total. The Balaban J connectivity index is 0.000000604. The van der Waals surface area contributed by atoms with Gasteiger partial charge in [0.25, 0.3) is 0 Å². The molecule has 0 saturated heterocycles. The first-order chi connectivity index (χ1) is 17.1. The van der Waals surface area contributed by atoms with E-state index in [0.29, 0.717) is 11.5 Å². The van der Waals surface area contributed by atoms with E-state index in [-0.39, 0.29) is 30.5 Å². The van der Waals surface area contributed by atoms with Crippen LogP contribution < -0.4 is 5.32 Å². The molecule has 0 fully saturated rings. The third kappa shape index (κ3) is 9.40. The highest BCUT2D eigenvalue weighted by Crippen LogP contribution is 2.32. The van der Waals surface area contributed by atoms with E-state index in [1.807, 2.05) is 13.8 Å². The predicted molar refractivity (Wildman–Crippen MR) is 125 cm³/mol. The number of benzene rings is 2. The van der Waals surface area contributed by atoms with Gasteiger partial charge >= 0.3 is 18.1 Å². The maximum absolute atomic E-state index is 14.3. The fourth-order valence-corrected chi connectivity index (χ4v) is 4.38. The summed E-state index contributed by atoms with van der Waals surface area (Å²) in [4.78, 5) is 19.6. The zero-order valence-electron chi connectivity index (χ0n) is 20.4. The molecule has 0 unspecified atom stereocenters. The number of alkyl halides is 3. The molecule has 1 aliphatic carbocycles. The first-order valence-electron chi connectivity index (χ1n) is 11.6. The van der Waals surface area contributed by atoms with Crippen molar-refractivity contribution in [3.05, 3.63) is 70.3 Å². The second-order valence-corrected chi connectivity index (χ2v) is 9.71. The average molecular weight is 532 g/mol. The van der Waals surface area contributed by atoms with Gasteiger partial charge in [0.2, 0.25) is 0 Å². The second kappa shape index (κ2) is 12.5. The number of aliphatic hydroxyl groups excluding tert-OH is 1. The van der Waals surface area contributed by atoms with Crippen LogP contribution in [-0.2, 0) is 28.9 Å². The Morgan fingerprint density at radius 2 is 1.59 bits per heavy atom. The van der Waals surface area contributed by atoms with Gasteiger partial charge in [0.1, 0.15) is 0 Å². The normalized spacial score (nSPS) is 14.5. The first-order valence-corrected chi connectivity index (χ1v) is 11.6. The van der Waals surface area contributed by atoms with E-state index in [9.17, 15) is 31.9 Å². The van der Waals surface area contributed by atoms with Crippen molar-refractivity contribution < 1.29 is 46.9 Å². The van der Waals surface area contributed by atoms with Crippen LogP contribution in [0.1, 0.15) is 55.0 Å². The molecule has 1 aliphatic rings. The zero-order valence-corrected chi connectivity index (χ0v) is 20.4. The van der Waals surface area contributed by atoms with Gasteiger partial charge in [-0.05, 0) is 74.3 Å². The Morgan fingerprint density at radius 1 is 1.05 bits per heavy atom. The Hall–Kier alpha value is -3.05. The molecule has 6 nitrogen and oxygen atoms in total. The Bertz CT molecular complexity index is 1080. The van der Waals surface area contributed by atoms with Crippen LogP contribution in [-0.4, -0.2) is 45.5 Å². The molecular weight excluding hydrogens is 501 g/mol. The van der Waals surface area contributed by atoms with Gasteiger partial charge in [0, 0.05) is 24.1 Å². The van der Waals surface area contributed by atoms with Crippen LogP contribution in [0.15, 0.2) is 36.4 Å². The summed E-state index contributed by atoms with van der Waals surface area (Å²) < 4.78 is 59.9. The zero-order chi connectivity index (χ0) is 28.0. The molecule has 0 saturated carbocycles. The van der Waals surface area contributed by atoms with Crippen LogP contribution in [0.4, 0.5) is 22.0 Å². The molecule has 0 heterocycles. The molecule has 0 aliphatic heterocycles. The standard InChI is InChI=1S/C24H29F2NO3.C2HF3O2/c1-24(2,13-16-9-17-5-3-4-6-18(17)10-16)27-14-21(28)19-11-15(7-8-22(29)30)12-20(25)23(19)26;3-2(4,5)1(6)7/h3-6,11-12,16,21,27-28H,7-10,13-14H2,1-2H3,(H,29,30);(H,6,7)/t21-;/m1./s1. The van der Waals surface area contributed by atoms with Gasteiger partial charge in [0.15, 0.2) is 11.6 Å². The molecule has 2 aromatic carbocycles. The number of rotatable bonds is 9. The van der Waals surface area contributed by atoms with Crippen molar-refractivity contribution in [1.29, 1.82) is 0 Å². The van der Waals surface area contributed by atoms with E-state index in [0.717, 1.165) is 25.3 Å². The van der Waals surface area contributed by atoms with Crippen molar-refractivity contribution in [2.24, 2.45) is 5.92 Å². The van der Waals surface area contributed by atoms with E-state index in [4.69, 9.17) is 15.0 Å². The van der Waals surface area contributed by atoms with E-state index < -0.39 is 35.9 Å². The number of halogens is 5. The Morgan fingerprint density at radius 3 is 2.08 bits per heavy atom. The van der Waals surface area contributed by atoms with Gasteiger partial charge in [-0.25, -0.2) is 13.6 Å². The van der Waals surface area contributed by atoms with Gasteiger partial charge in [-0.2, -0.15) is 13.2 Å². The summed E-state index contributed by atoms with van der Waals surface area (Å²) in [7, 11) is 0. The molecule has 11 heteroatoms. The molecule has 3 rings (SSSR count). The topological polar surface area (TPSA) is 107 Å². The third-order valence-corrected chi connectivity index (χ3v) is 6.05. The highest BCUT2D eigenvalue weighted by molar-refractivity contribution is 5.73. The minimum absolute atomic E-state index is 0.0748. The summed E-state index contributed by atoms with van der Waals surface area (Å²) in [6.45, 7) is 4.16. The van der Waals surface area contributed by atoms with Crippen molar-refractivity contribution in [2.45, 2.75) is 63.8 Å². The van der Waals surface area contributed by atoms with Crippen molar-refractivity contribution >= 4 is 11.9 Å². The lowest BCUT2D eigenvalue weighted by molar-refractivity contribution is -0.192. The maximum Gasteiger partial charge on any atom is 0.490 e. The van der Waals surface area contributed by atoms with Gasteiger partial charge < -0.3 is 20.6 Å². The van der Waals surface area contributed by atoms with Crippen LogP contribution >= 0.6 is 0 Å². The maximum atomic E-state index is 14.3. The summed E-state index contributed by atoms with van der Waals surface area (Å²) in [6, 6.07) is 10.8. The van der Waals surface area contributed by atoms with Gasteiger partial charge in [0.05, 0.1) is 6.10 Å². The van der Waals surface area contributed by atoms with E-state index in [1.54, 1.807) is 0 Å². The number of carboxylic acids is 2. The molecule has 0 radical (unpaired) electrons. The lowest BCUT2D eigenvalue weighted by Crippen LogP contribution is -2.43. The van der Waals surface area contributed by atoms with E-state index >= 15 is 0 Å². The fraction of sp³-hybridized carbons (Fsp3) is 0.462. The number of carbonyl (C=O) groups is 2. The lowest BCUT2D eigenvalue weighted by Gasteiger charge is -2.30. The first kappa shape index (κ1) is 30.2. The minimum atomic E-state index is -5.08. The number of hydrogen-bond donors (Lipinski definition) is 4. The molecule has 37 heavy (non-hydrogen) atoms. The molecule has 0 bridgehead atoms. The summed E-state index contributed by atoms with van der Waals surface area (Å²) >= 11 is 0. The van der Waals surface area contributed by atoms with Gasteiger partial charge in [-0.15, -0.1) is 0 Å². The number of carboxylic acid groups (broad SMARTS) is 2. The van der Waals surface area contributed by atoms with Crippen molar-refractivity contribution in [3.63, 3.8) is 0 Å². The predicted octanol–water partition coefficient (Wildman–Crippen LogP) is 4.82. The summed E-state index contributed by atoms with van der Waals surface area (Å²) in [6.07, 6.45) is -3.48. The van der Waals surface area contributed by atoms with Crippen molar-refractivity contribution in [2.75, 3.05) is 6.54 Å². The van der Waals surface area contributed by atoms with Gasteiger partial charge in [-0.3, -0.25) is 4.79 Å². The highest BCUT2D eigenvalue weighted by atomic mass is 19.4. The average Bonchev–Trinajstić information content (AvgIpc) is 3.19.